The van der Waals surface area contributed by atoms with Crippen LogP contribution in [0.1, 0.15) is 12.5 Å². The molecule has 1 heterocycles. The van der Waals surface area contributed by atoms with Crippen LogP contribution >= 0.6 is 12.2 Å². The van der Waals surface area contributed by atoms with Gasteiger partial charge in [-0.15, -0.1) is 0 Å². The summed E-state index contributed by atoms with van der Waals surface area (Å²) in [6.45, 7) is 1.96. The fourth-order valence-electron chi connectivity index (χ4n) is 1.70. The van der Waals surface area contributed by atoms with Crippen molar-refractivity contribution in [2.45, 2.75) is 6.92 Å². The van der Waals surface area contributed by atoms with Crippen LogP contribution in [0.3, 0.4) is 0 Å². The Labute approximate surface area is 115 Å². The average Bonchev–Trinajstić information content (AvgIpc) is 2.39. The van der Waals surface area contributed by atoms with Crippen LogP contribution in [0.15, 0.2) is 23.9 Å². The number of fused-ring (bicyclic) bond motifs is 1. The maximum absolute atomic E-state index is 11.6. The molecule has 0 amide bonds. The molecule has 0 saturated heterocycles. The number of carbonyl (C=O) groups excluding carboxylic acids is 1. The van der Waals surface area contributed by atoms with Gasteiger partial charge in [0.25, 0.3) is 0 Å². The summed E-state index contributed by atoms with van der Waals surface area (Å²) in [7, 11) is 0. The molecule has 0 radical (unpaired) electrons. The van der Waals surface area contributed by atoms with Crippen molar-refractivity contribution >= 4 is 40.1 Å². The molecule has 0 bridgehead atoms. The zero-order chi connectivity index (χ0) is 14.0. The Balaban J connectivity index is 2.40. The fraction of sp³-hybridized carbons (Fsp3) is 0.167. The third-order valence-electron chi connectivity index (χ3n) is 2.61. The molecule has 0 fully saturated rings. The molecule has 0 spiro atoms. The first kappa shape index (κ1) is 13.2. The minimum atomic E-state index is -0.586. The van der Waals surface area contributed by atoms with E-state index in [2.05, 4.69) is 10.9 Å². The predicted molar refractivity (Wildman–Crippen MR) is 78.0 cm³/mol. The number of nitrogens with one attached hydrogen (secondary N) is 2. The van der Waals surface area contributed by atoms with Gasteiger partial charge >= 0.3 is 5.97 Å². The van der Waals surface area contributed by atoms with Crippen molar-refractivity contribution in [3.05, 3.63) is 29.5 Å². The summed E-state index contributed by atoms with van der Waals surface area (Å²) in [5.41, 5.74) is 20.2. The highest BCUT2D eigenvalue weighted by Gasteiger charge is 2.24. The van der Waals surface area contributed by atoms with Crippen molar-refractivity contribution in [3.8, 4) is 0 Å². The lowest BCUT2D eigenvalue weighted by atomic mass is 10.0. The molecule has 1 aliphatic rings. The van der Waals surface area contributed by atoms with Gasteiger partial charge in [-0.05, 0) is 25.1 Å². The van der Waals surface area contributed by atoms with E-state index in [-0.39, 0.29) is 11.5 Å². The Morgan fingerprint density at radius 1 is 1.37 bits per heavy atom. The van der Waals surface area contributed by atoms with E-state index in [9.17, 15) is 4.79 Å². The number of ether oxygens (including phenoxy) is 1. The van der Waals surface area contributed by atoms with Crippen LogP contribution in [-0.2, 0) is 9.53 Å². The Hall–Kier alpha value is -2.28. The number of hydrogen-bond donors (Lipinski definition) is 4. The molecule has 19 heavy (non-hydrogen) atoms. The van der Waals surface area contributed by atoms with Crippen LogP contribution in [0.25, 0.3) is 5.70 Å². The van der Waals surface area contributed by atoms with E-state index in [4.69, 9.17) is 28.4 Å². The Bertz CT molecular complexity index is 583. The summed E-state index contributed by atoms with van der Waals surface area (Å²) >= 11 is 5.05. The number of hydrazine groups is 1. The zero-order valence-corrected chi connectivity index (χ0v) is 11.1. The topological polar surface area (TPSA) is 102 Å². The van der Waals surface area contributed by atoms with Crippen molar-refractivity contribution in [3.63, 3.8) is 0 Å². The number of nitrogen functional groups attached to an aromatic ring is 1. The smallest absolute Gasteiger partial charge is 0.351 e. The van der Waals surface area contributed by atoms with Gasteiger partial charge in [-0.25, -0.2) is 4.79 Å². The van der Waals surface area contributed by atoms with Crippen LogP contribution in [-0.4, -0.2) is 17.4 Å². The Kier molecular flexibility index (Phi) is 3.57. The quantitative estimate of drug-likeness (QED) is 0.368. The molecule has 6 nitrogen and oxygen atoms in total. The van der Waals surface area contributed by atoms with E-state index in [1.807, 2.05) is 0 Å². The minimum absolute atomic E-state index is 0.0000699. The third-order valence-corrected chi connectivity index (χ3v) is 2.98. The lowest BCUT2D eigenvalue weighted by Crippen LogP contribution is -2.36. The van der Waals surface area contributed by atoms with Crippen molar-refractivity contribution in [1.82, 2.24) is 5.43 Å². The number of benzene rings is 1. The van der Waals surface area contributed by atoms with Gasteiger partial charge in [-0.3, -0.25) is 5.43 Å². The van der Waals surface area contributed by atoms with Crippen molar-refractivity contribution < 1.29 is 9.53 Å². The van der Waals surface area contributed by atoms with Crippen LogP contribution < -0.4 is 22.3 Å². The van der Waals surface area contributed by atoms with Gasteiger partial charge in [0, 0.05) is 11.3 Å². The summed E-state index contributed by atoms with van der Waals surface area (Å²) in [5.74, 6) is -0.586. The highest BCUT2D eigenvalue weighted by Crippen LogP contribution is 2.28. The van der Waals surface area contributed by atoms with E-state index in [1.54, 1.807) is 25.1 Å². The van der Waals surface area contributed by atoms with Crippen LogP contribution in [0, 0.1) is 0 Å². The van der Waals surface area contributed by atoms with E-state index in [0.717, 1.165) is 5.69 Å². The standard InChI is InChI=1S/C12H14N4O2S/c1-2-18-12(17)11(19)10-9(14)7-5-6(13)3-4-8(7)15-16-10/h3-5,15-16H,2,13-14H2,1H3. The van der Waals surface area contributed by atoms with Crippen LogP contribution in [0.2, 0.25) is 0 Å². The summed E-state index contributed by atoms with van der Waals surface area (Å²) in [6.07, 6.45) is 0. The molecular weight excluding hydrogens is 264 g/mol. The van der Waals surface area contributed by atoms with Gasteiger partial charge in [0.2, 0.25) is 0 Å². The largest absolute Gasteiger partial charge is 0.462 e. The molecule has 0 aromatic heterocycles. The molecule has 1 aromatic carbocycles. The van der Waals surface area contributed by atoms with Crippen molar-refractivity contribution in [2.24, 2.45) is 5.73 Å². The van der Waals surface area contributed by atoms with Crippen molar-refractivity contribution in [1.29, 1.82) is 0 Å². The number of carbonyl (C=O) groups is 1. The maximum Gasteiger partial charge on any atom is 0.351 e. The fourth-order valence-corrected chi connectivity index (χ4v) is 1.92. The minimum Gasteiger partial charge on any atom is -0.462 e. The molecule has 100 valence electrons. The predicted octanol–water partition coefficient (Wildman–Crippen LogP) is 0.759. The van der Waals surface area contributed by atoms with Crippen molar-refractivity contribution in [2.75, 3.05) is 17.8 Å². The van der Waals surface area contributed by atoms with Gasteiger partial charge in [0.1, 0.15) is 10.6 Å². The van der Waals surface area contributed by atoms with Gasteiger partial charge in [-0.1, -0.05) is 12.2 Å². The molecule has 0 unspecified atom stereocenters. The first-order chi connectivity index (χ1) is 9.04. The highest BCUT2D eigenvalue weighted by atomic mass is 32.1. The first-order valence-electron chi connectivity index (χ1n) is 5.67. The highest BCUT2D eigenvalue weighted by molar-refractivity contribution is 7.82. The second-order valence-electron chi connectivity index (χ2n) is 3.89. The number of rotatable bonds is 3. The maximum atomic E-state index is 11.6. The molecule has 1 aromatic rings. The lowest BCUT2D eigenvalue weighted by Gasteiger charge is -2.24. The van der Waals surface area contributed by atoms with E-state index in [1.165, 1.54) is 0 Å². The summed E-state index contributed by atoms with van der Waals surface area (Å²) in [6, 6.07) is 5.25. The lowest BCUT2D eigenvalue weighted by molar-refractivity contribution is -0.134. The Morgan fingerprint density at radius 2 is 2.11 bits per heavy atom. The number of esters is 1. The normalized spacial score (nSPS) is 13.1. The second kappa shape index (κ2) is 5.15. The van der Waals surface area contributed by atoms with E-state index in [0.29, 0.717) is 22.6 Å². The Morgan fingerprint density at radius 3 is 2.79 bits per heavy atom. The first-order valence-corrected chi connectivity index (χ1v) is 6.08. The molecule has 7 heteroatoms. The van der Waals surface area contributed by atoms with Gasteiger partial charge in [0.15, 0.2) is 0 Å². The average molecular weight is 278 g/mol. The molecule has 0 saturated carbocycles. The van der Waals surface area contributed by atoms with E-state index < -0.39 is 5.97 Å². The van der Waals surface area contributed by atoms with Gasteiger partial charge < -0.3 is 21.6 Å². The third kappa shape index (κ3) is 2.45. The number of nitrogens with two attached hydrogens (primary N) is 2. The van der Waals surface area contributed by atoms with Gasteiger partial charge in [0.05, 0.1) is 18.0 Å². The molecule has 6 N–H and O–H groups in total. The number of hydrogen-bond acceptors (Lipinski definition) is 7. The summed E-state index contributed by atoms with van der Waals surface area (Å²) in [5, 5.41) is 0. The zero-order valence-electron chi connectivity index (χ0n) is 10.3. The molecular formula is C12H14N4O2S. The molecule has 2 rings (SSSR count). The van der Waals surface area contributed by atoms with Crippen LogP contribution in [0.4, 0.5) is 11.4 Å². The molecule has 1 aliphatic heterocycles. The summed E-state index contributed by atoms with van der Waals surface area (Å²) < 4.78 is 4.85. The van der Waals surface area contributed by atoms with Crippen LogP contribution in [0.5, 0.6) is 0 Å². The number of anilines is 2. The molecule has 0 aliphatic carbocycles. The van der Waals surface area contributed by atoms with Gasteiger partial charge in [-0.2, -0.15) is 0 Å². The summed E-state index contributed by atoms with van der Waals surface area (Å²) in [4.78, 5) is 11.6. The SMILES string of the molecule is CCOC(=O)C(=S)C1=C(N)c2cc(N)ccc2NN1. The number of thiocarbonyl (C=S) groups is 1. The monoisotopic (exact) mass is 278 g/mol. The van der Waals surface area contributed by atoms with E-state index >= 15 is 0 Å². The molecule has 0 atom stereocenters. The second-order valence-corrected chi connectivity index (χ2v) is 4.30.